The summed E-state index contributed by atoms with van der Waals surface area (Å²) in [6.07, 6.45) is -1.39. The van der Waals surface area contributed by atoms with Crippen LogP contribution in [0.4, 0.5) is 9.18 Å². The largest absolute Gasteiger partial charge is 0.446 e. The Hall–Kier alpha value is -3.75. The number of urea groups is 1. The van der Waals surface area contributed by atoms with E-state index in [2.05, 4.69) is 16.0 Å². The molecule has 0 aromatic heterocycles. The molecule has 0 aliphatic heterocycles. The van der Waals surface area contributed by atoms with Gasteiger partial charge in [0, 0.05) is 17.7 Å². The second-order valence-electron chi connectivity index (χ2n) is 5.82. The summed E-state index contributed by atoms with van der Waals surface area (Å²) in [5.41, 5.74) is 0.380. The van der Waals surface area contributed by atoms with Crippen LogP contribution in [0.25, 0.3) is 0 Å². The van der Waals surface area contributed by atoms with Crippen molar-refractivity contribution in [3.05, 3.63) is 71.5 Å². The molecule has 0 spiro atoms. The van der Waals surface area contributed by atoms with Gasteiger partial charge in [0.25, 0.3) is 11.8 Å². The number of benzene rings is 2. The standard InChI is InChI=1S/C20H20FN3O5/c1-2-22-20(28)24-19(27)17(13-7-4-3-5-8-13)29-16(25)12-23-18(26)14-9-6-10-15(21)11-14/h3-11,17H,2,12H2,1H3,(H,23,26)(H2,22,24,27,28)/t17-/m0/s1. The molecule has 0 unspecified atom stereocenters. The average molecular weight is 401 g/mol. The third-order valence-corrected chi connectivity index (χ3v) is 3.64. The molecule has 0 heterocycles. The zero-order valence-corrected chi connectivity index (χ0v) is 15.6. The van der Waals surface area contributed by atoms with E-state index in [4.69, 9.17) is 4.74 Å². The summed E-state index contributed by atoms with van der Waals surface area (Å²) in [6.45, 7) is 1.44. The van der Waals surface area contributed by atoms with Gasteiger partial charge in [0.1, 0.15) is 12.4 Å². The van der Waals surface area contributed by atoms with Crippen LogP contribution in [0.1, 0.15) is 28.9 Å². The Morgan fingerprint density at radius 3 is 2.38 bits per heavy atom. The molecule has 0 radical (unpaired) electrons. The molecule has 2 aromatic rings. The predicted molar refractivity (Wildman–Crippen MR) is 101 cm³/mol. The first kappa shape index (κ1) is 21.5. The van der Waals surface area contributed by atoms with E-state index < -0.39 is 42.3 Å². The summed E-state index contributed by atoms with van der Waals surface area (Å²) >= 11 is 0. The van der Waals surface area contributed by atoms with Crippen molar-refractivity contribution in [3.8, 4) is 0 Å². The van der Waals surface area contributed by atoms with Gasteiger partial charge < -0.3 is 15.4 Å². The Morgan fingerprint density at radius 1 is 1.00 bits per heavy atom. The number of rotatable bonds is 7. The van der Waals surface area contributed by atoms with Crippen LogP contribution in [0.2, 0.25) is 0 Å². The second kappa shape index (κ2) is 10.5. The van der Waals surface area contributed by atoms with Crippen LogP contribution >= 0.6 is 0 Å². The molecule has 9 heteroatoms. The lowest BCUT2D eigenvalue weighted by Gasteiger charge is -2.18. The SMILES string of the molecule is CCNC(=O)NC(=O)[C@@H](OC(=O)CNC(=O)c1cccc(F)c1)c1ccccc1. The van der Waals surface area contributed by atoms with E-state index >= 15 is 0 Å². The number of imide groups is 1. The van der Waals surface area contributed by atoms with Gasteiger partial charge in [0.15, 0.2) is 0 Å². The molecule has 3 N–H and O–H groups in total. The summed E-state index contributed by atoms with van der Waals surface area (Å²) in [5, 5.41) is 6.78. The Bertz CT molecular complexity index is 889. The van der Waals surface area contributed by atoms with E-state index in [9.17, 15) is 23.6 Å². The van der Waals surface area contributed by atoms with Gasteiger partial charge in [-0.05, 0) is 25.1 Å². The minimum Gasteiger partial charge on any atom is -0.446 e. The van der Waals surface area contributed by atoms with Crippen LogP contribution in [0.5, 0.6) is 0 Å². The van der Waals surface area contributed by atoms with Crippen LogP contribution in [0.15, 0.2) is 54.6 Å². The van der Waals surface area contributed by atoms with Gasteiger partial charge in [-0.2, -0.15) is 0 Å². The van der Waals surface area contributed by atoms with Crippen LogP contribution < -0.4 is 16.0 Å². The third kappa shape index (κ3) is 6.73. The van der Waals surface area contributed by atoms with Gasteiger partial charge in [-0.15, -0.1) is 0 Å². The lowest BCUT2D eigenvalue weighted by atomic mass is 10.1. The van der Waals surface area contributed by atoms with Crippen molar-refractivity contribution in [1.29, 1.82) is 0 Å². The lowest BCUT2D eigenvalue weighted by molar-refractivity contribution is -0.155. The number of ether oxygens (including phenoxy) is 1. The van der Waals surface area contributed by atoms with Crippen molar-refractivity contribution in [1.82, 2.24) is 16.0 Å². The average Bonchev–Trinajstić information content (AvgIpc) is 2.71. The predicted octanol–water partition coefficient (Wildman–Crippen LogP) is 1.69. The third-order valence-electron chi connectivity index (χ3n) is 3.64. The van der Waals surface area contributed by atoms with E-state index in [-0.39, 0.29) is 5.56 Å². The fourth-order valence-corrected chi connectivity index (χ4v) is 2.34. The van der Waals surface area contributed by atoms with E-state index in [0.717, 1.165) is 6.07 Å². The molecule has 1 atom stereocenters. The summed E-state index contributed by atoms with van der Waals surface area (Å²) in [5.74, 6) is -3.02. The topological polar surface area (TPSA) is 114 Å². The fourth-order valence-electron chi connectivity index (χ4n) is 2.34. The van der Waals surface area contributed by atoms with Crippen LogP contribution in [-0.4, -0.2) is 36.9 Å². The molecule has 0 bridgehead atoms. The highest BCUT2D eigenvalue weighted by atomic mass is 19.1. The van der Waals surface area contributed by atoms with Crippen molar-refractivity contribution in [2.75, 3.05) is 13.1 Å². The zero-order valence-electron chi connectivity index (χ0n) is 15.6. The van der Waals surface area contributed by atoms with E-state index in [1.54, 1.807) is 37.3 Å². The number of hydrogen-bond donors (Lipinski definition) is 3. The number of hydrogen-bond acceptors (Lipinski definition) is 5. The highest BCUT2D eigenvalue weighted by Gasteiger charge is 2.26. The Balaban J connectivity index is 2.02. The first-order valence-corrected chi connectivity index (χ1v) is 8.77. The monoisotopic (exact) mass is 401 g/mol. The fraction of sp³-hybridized carbons (Fsp3) is 0.200. The Morgan fingerprint density at radius 2 is 1.72 bits per heavy atom. The molecule has 29 heavy (non-hydrogen) atoms. The maximum atomic E-state index is 13.2. The van der Waals surface area contributed by atoms with Crippen LogP contribution in [0.3, 0.4) is 0 Å². The van der Waals surface area contributed by atoms with E-state index in [1.807, 2.05) is 0 Å². The maximum Gasteiger partial charge on any atom is 0.326 e. The van der Waals surface area contributed by atoms with Gasteiger partial charge in [-0.1, -0.05) is 36.4 Å². The minimum atomic E-state index is -1.39. The summed E-state index contributed by atoms with van der Waals surface area (Å²) in [7, 11) is 0. The van der Waals surface area contributed by atoms with E-state index in [0.29, 0.717) is 12.1 Å². The molecule has 2 aromatic carbocycles. The first-order valence-electron chi connectivity index (χ1n) is 8.77. The number of amides is 4. The summed E-state index contributed by atoms with van der Waals surface area (Å²) < 4.78 is 18.4. The van der Waals surface area contributed by atoms with Gasteiger partial charge in [-0.25, -0.2) is 9.18 Å². The number of carbonyl (C=O) groups is 4. The molecule has 2 rings (SSSR count). The molecule has 8 nitrogen and oxygen atoms in total. The Kier molecular flexibility index (Phi) is 7.84. The zero-order chi connectivity index (χ0) is 21.2. The molecule has 152 valence electrons. The second-order valence-corrected chi connectivity index (χ2v) is 5.82. The molecule has 0 saturated heterocycles. The molecule has 0 saturated carbocycles. The van der Waals surface area contributed by atoms with Gasteiger partial charge in [-0.3, -0.25) is 19.7 Å². The molecule has 0 fully saturated rings. The van der Waals surface area contributed by atoms with Gasteiger partial charge in [0.05, 0.1) is 0 Å². The quantitative estimate of drug-likeness (QED) is 0.611. The van der Waals surface area contributed by atoms with Crippen LogP contribution in [0, 0.1) is 5.82 Å². The molecular weight excluding hydrogens is 381 g/mol. The molecule has 0 aliphatic rings. The molecule has 4 amide bonds. The van der Waals surface area contributed by atoms with E-state index in [1.165, 1.54) is 18.2 Å². The highest BCUT2D eigenvalue weighted by molar-refractivity contribution is 5.98. The van der Waals surface area contributed by atoms with Crippen LogP contribution in [-0.2, 0) is 14.3 Å². The van der Waals surface area contributed by atoms with Gasteiger partial charge >= 0.3 is 12.0 Å². The molecular formula is C20H20FN3O5. The minimum absolute atomic E-state index is 0.0337. The van der Waals surface area contributed by atoms with Crippen molar-refractivity contribution < 1.29 is 28.3 Å². The van der Waals surface area contributed by atoms with Crippen molar-refractivity contribution >= 4 is 23.8 Å². The number of esters is 1. The van der Waals surface area contributed by atoms with Gasteiger partial charge in [0.2, 0.25) is 6.10 Å². The first-order chi connectivity index (χ1) is 13.9. The Labute approximate surface area is 166 Å². The van der Waals surface area contributed by atoms with Crippen molar-refractivity contribution in [2.24, 2.45) is 0 Å². The van der Waals surface area contributed by atoms with Crippen molar-refractivity contribution in [2.45, 2.75) is 13.0 Å². The smallest absolute Gasteiger partial charge is 0.326 e. The molecule has 0 aliphatic carbocycles. The number of nitrogens with one attached hydrogen (secondary N) is 3. The normalized spacial score (nSPS) is 11.1. The van der Waals surface area contributed by atoms with Crippen molar-refractivity contribution in [3.63, 3.8) is 0 Å². The lowest BCUT2D eigenvalue weighted by Crippen LogP contribution is -2.43. The summed E-state index contributed by atoms with van der Waals surface area (Å²) in [6, 6.07) is 12.3. The maximum absolute atomic E-state index is 13.2. The number of halogens is 1. The summed E-state index contributed by atoms with van der Waals surface area (Å²) in [4.78, 5) is 48.1. The number of carbonyl (C=O) groups excluding carboxylic acids is 4. The highest BCUT2D eigenvalue weighted by Crippen LogP contribution is 2.17.